The summed E-state index contributed by atoms with van der Waals surface area (Å²) < 4.78 is 0. The van der Waals surface area contributed by atoms with Crippen molar-refractivity contribution in [3.63, 3.8) is 0 Å². The van der Waals surface area contributed by atoms with Gasteiger partial charge in [-0.2, -0.15) is 0 Å². The van der Waals surface area contributed by atoms with E-state index in [1.807, 2.05) is 31.3 Å². The smallest absolute Gasteiger partial charge is 0.271 e. The number of anilines is 1. The Balaban J connectivity index is 1.67. The fraction of sp³-hybridized carbons (Fsp3) is 0.353. The SMILES string of the molecule is Cc1cc([N+](=O)[O-])cc(Cl)c1N1CCN(Cc2ccccn2)CC1. The number of nitro benzene ring substituents is 1. The largest absolute Gasteiger partial charge is 0.368 e. The number of aromatic nitrogens is 1. The third-order valence-corrected chi connectivity index (χ3v) is 4.54. The van der Waals surface area contributed by atoms with Crippen LogP contribution in [0.1, 0.15) is 11.3 Å². The number of piperazine rings is 1. The van der Waals surface area contributed by atoms with Crippen molar-refractivity contribution < 1.29 is 4.92 Å². The van der Waals surface area contributed by atoms with Crippen molar-refractivity contribution in [3.8, 4) is 0 Å². The van der Waals surface area contributed by atoms with Gasteiger partial charge in [0.15, 0.2) is 0 Å². The highest BCUT2D eigenvalue weighted by Crippen LogP contribution is 2.34. The number of rotatable bonds is 4. The lowest BCUT2D eigenvalue weighted by Gasteiger charge is -2.37. The van der Waals surface area contributed by atoms with Gasteiger partial charge in [0.05, 0.1) is 21.3 Å². The van der Waals surface area contributed by atoms with Crippen LogP contribution < -0.4 is 4.90 Å². The zero-order chi connectivity index (χ0) is 17.1. The molecule has 126 valence electrons. The molecule has 2 aromatic rings. The monoisotopic (exact) mass is 346 g/mol. The zero-order valence-electron chi connectivity index (χ0n) is 13.5. The summed E-state index contributed by atoms with van der Waals surface area (Å²) in [5.74, 6) is 0. The molecule has 7 heteroatoms. The quantitative estimate of drug-likeness (QED) is 0.628. The molecule has 1 fully saturated rings. The van der Waals surface area contributed by atoms with Gasteiger partial charge in [0.2, 0.25) is 0 Å². The number of nitro groups is 1. The predicted octanol–water partition coefficient (Wildman–Crippen LogP) is 3.27. The number of pyridine rings is 1. The molecule has 0 saturated carbocycles. The van der Waals surface area contributed by atoms with Crippen molar-refractivity contribution in [1.29, 1.82) is 0 Å². The van der Waals surface area contributed by atoms with Crippen LogP contribution in [-0.4, -0.2) is 41.0 Å². The molecule has 1 aliphatic rings. The van der Waals surface area contributed by atoms with Crippen LogP contribution >= 0.6 is 11.6 Å². The number of benzene rings is 1. The molecule has 2 heterocycles. The van der Waals surface area contributed by atoms with Crippen molar-refractivity contribution in [2.24, 2.45) is 0 Å². The van der Waals surface area contributed by atoms with Gasteiger partial charge in [0.1, 0.15) is 0 Å². The lowest BCUT2D eigenvalue weighted by atomic mass is 10.1. The topological polar surface area (TPSA) is 62.5 Å². The fourth-order valence-corrected chi connectivity index (χ4v) is 3.45. The Labute approximate surface area is 145 Å². The molecule has 1 aliphatic heterocycles. The summed E-state index contributed by atoms with van der Waals surface area (Å²) in [6, 6.07) is 8.97. The fourth-order valence-electron chi connectivity index (χ4n) is 3.07. The Bertz CT molecular complexity index is 708. The Morgan fingerprint density at radius 3 is 2.58 bits per heavy atom. The molecule has 0 amide bonds. The summed E-state index contributed by atoms with van der Waals surface area (Å²) in [5, 5.41) is 11.4. The van der Waals surface area contributed by atoms with Gasteiger partial charge < -0.3 is 4.90 Å². The minimum atomic E-state index is -0.409. The first-order valence-corrected chi connectivity index (χ1v) is 8.24. The summed E-state index contributed by atoms with van der Waals surface area (Å²) in [5.41, 5.74) is 2.85. The van der Waals surface area contributed by atoms with Crippen LogP contribution in [0, 0.1) is 17.0 Å². The van der Waals surface area contributed by atoms with E-state index in [1.165, 1.54) is 6.07 Å². The van der Waals surface area contributed by atoms with Gasteiger partial charge >= 0.3 is 0 Å². The van der Waals surface area contributed by atoms with Gasteiger partial charge in [-0.05, 0) is 24.6 Å². The molecule has 0 unspecified atom stereocenters. The van der Waals surface area contributed by atoms with E-state index in [0.717, 1.165) is 49.7 Å². The van der Waals surface area contributed by atoms with Crippen molar-refractivity contribution >= 4 is 23.0 Å². The minimum absolute atomic E-state index is 0.0371. The molecular weight excluding hydrogens is 328 g/mol. The molecule has 1 saturated heterocycles. The Hall–Kier alpha value is -2.18. The molecule has 24 heavy (non-hydrogen) atoms. The van der Waals surface area contributed by atoms with Crippen molar-refractivity contribution in [2.45, 2.75) is 13.5 Å². The molecule has 0 spiro atoms. The van der Waals surface area contributed by atoms with Gasteiger partial charge in [-0.15, -0.1) is 0 Å². The molecule has 1 aromatic carbocycles. The maximum Gasteiger partial charge on any atom is 0.271 e. The minimum Gasteiger partial charge on any atom is -0.368 e. The number of non-ortho nitro benzene ring substituents is 1. The average molecular weight is 347 g/mol. The summed E-state index contributed by atoms with van der Waals surface area (Å²) >= 11 is 6.31. The lowest BCUT2D eigenvalue weighted by molar-refractivity contribution is -0.384. The number of hydrogen-bond donors (Lipinski definition) is 0. The van der Waals surface area contributed by atoms with Crippen LogP contribution in [0.4, 0.5) is 11.4 Å². The van der Waals surface area contributed by atoms with Gasteiger partial charge in [-0.3, -0.25) is 20.0 Å². The second kappa shape index (κ2) is 7.15. The Kier molecular flexibility index (Phi) is 4.97. The number of halogens is 1. The van der Waals surface area contributed by atoms with E-state index in [2.05, 4.69) is 14.8 Å². The van der Waals surface area contributed by atoms with Crippen LogP contribution in [0.15, 0.2) is 36.5 Å². The molecule has 0 atom stereocenters. The standard InChI is InChI=1S/C17H19ClN4O2/c1-13-10-15(22(23)24)11-16(18)17(13)21-8-6-20(7-9-21)12-14-4-2-3-5-19-14/h2-5,10-11H,6-9,12H2,1H3. The van der Waals surface area contributed by atoms with Crippen LogP contribution in [0.3, 0.4) is 0 Å². The first-order chi connectivity index (χ1) is 11.5. The zero-order valence-corrected chi connectivity index (χ0v) is 14.2. The van der Waals surface area contributed by atoms with Crippen molar-refractivity contribution in [2.75, 3.05) is 31.1 Å². The highest BCUT2D eigenvalue weighted by atomic mass is 35.5. The molecule has 3 rings (SSSR count). The van der Waals surface area contributed by atoms with Crippen LogP contribution in [0.2, 0.25) is 5.02 Å². The molecular formula is C17H19ClN4O2. The van der Waals surface area contributed by atoms with Gasteiger partial charge in [-0.1, -0.05) is 17.7 Å². The van der Waals surface area contributed by atoms with Crippen LogP contribution in [0.5, 0.6) is 0 Å². The number of hydrogen-bond acceptors (Lipinski definition) is 5. The average Bonchev–Trinajstić information content (AvgIpc) is 2.56. The summed E-state index contributed by atoms with van der Waals surface area (Å²) in [4.78, 5) is 19.4. The van der Waals surface area contributed by atoms with Gasteiger partial charge in [0, 0.05) is 51.1 Å². The Morgan fingerprint density at radius 2 is 2.00 bits per heavy atom. The molecule has 0 bridgehead atoms. The second-order valence-electron chi connectivity index (χ2n) is 5.93. The van der Waals surface area contributed by atoms with Crippen molar-refractivity contribution in [1.82, 2.24) is 9.88 Å². The third kappa shape index (κ3) is 3.66. The second-order valence-corrected chi connectivity index (χ2v) is 6.34. The number of nitrogens with zero attached hydrogens (tertiary/aromatic N) is 4. The summed E-state index contributed by atoms with van der Waals surface area (Å²) in [7, 11) is 0. The van der Waals surface area contributed by atoms with Crippen LogP contribution in [0.25, 0.3) is 0 Å². The van der Waals surface area contributed by atoms with E-state index in [1.54, 1.807) is 6.07 Å². The maximum atomic E-state index is 10.9. The molecule has 6 nitrogen and oxygen atoms in total. The molecule has 0 N–H and O–H groups in total. The first-order valence-electron chi connectivity index (χ1n) is 7.86. The van der Waals surface area contributed by atoms with E-state index in [9.17, 15) is 10.1 Å². The van der Waals surface area contributed by atoms with Crippen molar-refractivity contribution in [3.05, 3.63) is 62.9 Å². The van der Waals surface area contributed by atoms with E-state index < -0.39 is 4.92 Å². The van der Waals surface area contributed by atoms with Crippen LogP contribution in [-0.2, 0) is 6.54 Å². The van der Waals surface area contributed by atoms with E-state index in [-0.39, 0.29) is 5.69 Å². The summed E-state index contributed by atoms with van der Waals surface area (Å²) in [6.07, 6.45) is 1.81. The third-order valence-electron chi connectivity index (χ3n) is 4.25. The number of aryl methyl sites for hydroxylation is 1. The summed E-state index contributed by atoms with van der Waals surface area (Å²) in [6.45, 7) is 6.19. The molecule has 1 aromatic heterocycles. The van der Waals surface area contributed by atoms with E-state index in [4.69, 9.17) is 11.6 Å². The van der Waals surface area contributed by atoms with E-state index >= 15 is 0 Å². The van der Waals surface area contributed by atoms with E-state index in [0.29, 0.717) is 5.02 Å². The maximum absolute atomic E-state index is 10.9. The van der Waals surface area contributed by atoms with Gasteiger partial charge in [-0.25, -0.2) is 0 Å². The highest BCUT2D eigenvalue weighted by Gasteiger charge is 2.22. The van der Waals surface area contributed by atoms with Gasteiger partial charge in [0.25, 0.3) is 5.69 Å². The predicted molar refractivity (Wildman–Crippen MR) is 94.6 cm³/mol. The highest BCUT2D eigenvalue weighted by molar-refractivity contribution is 6.33. The lowest BCUT2D eigenvalue weighted by Crippen LogP contribution is -2.46. The molecule has 0 aliphatic carbocycles. The Morgan fingerprint density at radius 1 is 1.25 bits per heavy atom. The molecule has 0 radical (unpaired) electrons. The first kappa shape index (κ1) is 16.7. The normalized spacial score (nSPS) is 15.5.